The van der Waals surface area contributed by atoms with Crippen molar-refractivity contribution in [2.45, 2.75) is 59.8 Å². The Labute approximate surface area is 189 Å². The first kappa shape index (κ1) is 23.6. The van der Waals surface area contributed by atoms with Gasteiger partial charge in [-0.1, -0.05) is 32.9 Å². The molecule has 0 saturated heterocycles. The van der Waals surface area contributed by atoms with E-state index in [0.29, 0.717) is 17.3 Å². The van der Waals surface area contributed by atoms with E-state index in [9.17, 15) is 4.79 Å². The molecule has 0 aromatic carbocycles. The van der Waals surface area contributed by atoms with Crippen LogP contribution in [0.4, 0.5) is 5.69 Å². The summed E-state index contributed by atoms with van der Waals surface area (Å²) in [5, 5.41) is 6.14. The second-order valence-electron chi connectivity index (χ2n) is 10.6. The first-order valence-electron chi connectivity index (χ1n) is 11.9. The monoisotopic (exact) mass is 423 g/mol. The molecule has 0 radical (unpaired) electrons. The van der Waals surface area contributed by atoms with Crippen molar-refractivity contribution < 1.29 is 4.79 Å². The van der Waals surface area contributed by atoms with E-state index >= 15 is 0 Å². The number of hydrogen-bond acceptors (Lipinski definition) is 3. The van der Waals surface area contributed by atoms with E-state index in [0.717, 1.165) is 36.2 Å². The molecule has 4 nitrogen and oxygen atoms in total. The van der Waals surface area contributed by atoms with Gasteiger partial charge in [0.2, 0.25) is 5.91 Å². The Morgan fingerprint density at radius 1 is 1.23 bits per heavy atom. The number of aryl methyl sites for hydroxylation is 1. The molecule has 2 saturated carbocycles. The molecule has 170 valence electrons. The van der Waals surface area contributed by atoms with Crippen LogP contribution in [0.15, 0.2) is 43.1 Å². The molecule has 2 fully saturated rings. The van der Waals surface area contributed by atoms with Crippen LogP contribution in [0.3, 0.4) is 0 Å². The van der Waals surface area contributed by atoms with Gasteiger partial charge < -0.3 is 10.6 Å². The van der Waals surface area contributed by atoms with Gasteiger partial charge in [-0.05, 0) is 91.7 Å². The second-order valence-corrected chi connectivity index (χ2v) is 10.6. The van der Waals surface area contributed by atoms with E-state index in [1.165, 1.54) is 25.7 Å². The van der Waals surface area contributed by atoms with Crippen LogP contribution < -0.4 is 10.6 Å². The van der Waals surface area contributed by atoms with Gasteiger partial charge in [-0.2, -0.15) is 0 Å². The molecule has 0 spiro atoms. The summed E-state index contributed by atoms with van der Waals surface area (Å²) in [4.78, 5) is 16.0. The van der Waals surface area contributed by atoms with Gasteiger partial charge in [-0.15, -0.1) is 6.58 Å². The number of hydrogen-bond donors (Lipinski definition) is 2. The molecule has 2 heterocycles. The lowest BCUT2D eigenvalue weighted by atomic mass is 9.53. The fraction of sp³-hybridized carbons (Fsp3) is 0.630. The van der Waals surface area contributed by atoms with Gasteiger partial charge in [0.15, 0.2) is 0 Å². The third kappa shape index (κ3) is 5.05. The standard InChI is InChI=1S/C20H31NO.C7H10N2/c1-5-6-14-7-8-17-15-13-21-18(22)10-11-19(2,3)16(15)9-12-20(14,17)4;1-6-3-4-7(8-2)5-9-6/h5,10-11,14-17H,1,6-9,12-13H2,2-4H3,(H,21,22);3-5,8H,1-2H3/b11-10-;. The number of anilines is 1. The quantitative estimate of drug-likeness (QED) is 0.607. The van der Waals surface area contributed by atoms with Crippen molar-refractivity contribution in [1.82, 2.24) is 10.3 Å². The number of rotatable bonds is 3. The maximum Gasteiger partial charge on any atom is 0.243 e. The summed E-state index contributed by atoms with van der Waals surface area (Å²) in [6, 6.07) is 3.98. The topological polar surface area (TPSA) is 54.0 Å². The Hall–Kier alpha value is -2.10. The molecule has 1 aromatic heterocycles. The van der Waals surface area contributed by atoms with Crippen LogP contribution in [-0.2, 0) is 4.79 Å². The highest BCUT2D eigenvalue weighted by atomic mass is 16.1. The van der Waals surface area contributed by atoms with Crippen molar-refractivity contribution >= 4 is 11.6 Å². The van der Waals surface area contributed by atoms with E-state index in [2.05, 4.69) is 55.1 Å². The van der Waals surface area contributed by atoms with E-state index in [1.54, 1.807) is 6.08 Å². The molecule has 2 N–H and O–H groups in total. The van der Waals surface area contributed by atoms with Crippen molar-refractivity contribution in [3.63, 3.8) is 0 Å². The Bertz CT molecular complexity index is 797. The number of nitrogens with one attached hydrogen (secondary N) is 2. The fourth-order valence-electron chi connectivity index (χ4n) is 6.50. The van der Waals surface area contributed by atoms with Gasteiger partial charge in [-0.3, -0.25) is 9.78 Å². The normalized spacial score (nSPS) is 34.5. The third-order valence-electron chi connectivity index (χ3n) is 8.42. The number of aromatic nitrogens is 1. The van der Waals surface area contributed by atoms with Gasteiger partial charge >= 0.3 is 0 Å². The molecule has 3 aliphatic rings. The molecular formula is C27H41N3O. The average molecular weight is 424 g/mol. The molecule has 1 aromatic rings. The van der Waals surface area contributed by atoms with Crippen molar-refractivity contribution in [3.05, 3.63) is 48.8 Å². The van der Waals surface area contributed by atoms with E-state index in [1.807, 2.05) is 32.3 Å². The summed E-state index contributed by atoms with van der Waals surface area (Å²) in [6.07, 6.45) is 14.3. The van der Waals surface area contributed by atoms with Crippen LogP contribution in [0.5, 0.6) is 0 Å². The second kappa shape index (κ2) is 9.58. The molecule has 1 amide bonds. The summed E-state index contributed by atoms with van der Waals surface area (Å²) in [5.41, 5.74) is 2.67. The molecule has 5 unspecified atom stereocenters. The summed E-state index contributed by atoms with van der Waals surface area (Å²) in [5.74, 6) is 2.93. The predicted octanol–water partition coefficient (Wildman–Crippen LogP) is 5.77. The largest absolute Gasteiger partial charge is 0.387 e. The number of carbonyl (C=O) groups excluding carboxylic acids is 1. The minimum atomic E-state index is 0.0828. The van der Waals surface area contributed by atoms with Gasteiger partial charge in [0.05, 0.1) is 11.9 Å². The first-order chi connectivity index (χ1) is 14.7. The smallest absolute Gasteiger partial charge is 0.243 e. The van der Waals surface area contributed by atoms with E-state index in [-0.39, 0.29) is 11.3 Å². The Morgan fingerprint density at radius 3 is 2.65 bits per heavy atom. The molecule has 0 bridgehead atoms. The number of amides is 1. The lowest BCUT2D eigenvalue weighted by Crippen LogP contribution is -2.50. The number of fused-ring (bicyclic) bond motifs is 3. The van der Waals surface area contributed by atoms with Crippen molar-refractivity contribution in [3.8, 4) is 0 Å². The van der Waals surface area contributed by atoms with Gasteiger partial charge in [0, 0.05) is 19.3 Å². The van der Waals surface area contributed by atoms with Gasteiger partial charge in [-0.25, -0.2) is 0 Å². The van der Waals surface area contributed by atoms with E-state index < -0.39 is 0 Å². The highest BCUT2D eigenvalue weighted by Gasteiger charge is 2.55. The molecule has 31 heavy (non-hydrogen) atoms. The maximum atomic E-state index is 11.9. The first-order valence-corrected chi connectivity index (χ1v) is 11.9. The predicted molar refractivity (Wildman–Crippen MR) is 130 cm³/mol. The van der Waals surface area contributed by atoms with Crippen LogP contribution in [0.1, 0.15) is 58.6 Å². The van der Waals surface area contributed by atoms with Crippen molar-refractivity contribution in [2.75, 3.05) is 18.9 Å². The van der Waals surface area contributed by atoms with Crippen molar-refractivity contribution in [1.29, 1.82) is 0 Å². The maximum absolute atomic E-state index is 11.9. The minimum absolute atomic E-state index is 0.0828. The number of pyridine rings is 1. The number of carbonyl (C=O) groups is 1. The molecular weight excluding hydrogens is 382 g/mol. The van der Waals surface area contributed by atoms with Gasteiger partial charge in [0.25, 0.3) is 0 Å². The van der Waals surface area contributed by atoms with Crippen LogP contribution in [0, 0.1) is 41.4 Å². The Morgan fingerprint density at radius 2 is 2.00 bits per heavy atom. The SMILES string of the molecule is C=CCC1CCC2C3CNC(=O)/C=C\C(C)(C)C3CCC12C.CNc1ccc(C)nc1. The molecule has 4 rings (SSSR count). The third-order valence-corrected chi connectivity index (χ3v) is 8.42. The number of allylic oxidation sites excluding steroid dienone is 2. The fourth-order valence-corrected chi connectivity index (χ4v) is 6.50. The van der Waals surface area contributed by atoms with E-state index in [4.69, 9.17) is 0 Å². The molecule has 1 aliphatic heterocycles. The highest BCUT2D eigenvalue weighted by molar-refractivity contribution is 5.87. The zero-order valence-electron chi connectivity index (χ0n) is 20.1. The number of nitrogens with zero attached hydrogens (tertiary/aromatic N) is 1. The lowest BCUT2D eigenvalue weighted by molar-refractivity contribution is -0.118. The summed E-state index contributed by atoms with van der Waals surface area (Å²) in [7, 11) is 1.88. The van der Waals surface area contributed by atoms with Crippen LogP contribution >= 0.6 is 0 Å². The van der Waals surface area contributed by atoms with Crippen molar-refractivity contribution in [2.24, 2.45) is 34.5 Å². The lowest BCUT2D eigenvalue weighted by Gasteiger charge is -2.53. The molecule has 5 atom stereocenters. The molecule has 2 aliphatic carbocycles. The highest BCUT2D eigenvalue weighted by Crippen LogP contribution is 2.62. The summed E-state index contributed by atoms with van der Waals surface area (Å²) >= 11 is 0. The van der Waals surface area contributed by atoms with Crippen LogP contribution in [-0.4, -0.2) is 24.5 Å². The summed E-state index contributed by atoms with van der Waals surface area (Å²) < 4.78 is 0. The minimum Gasteiger partial charge on any atom is -0.387 e. The molecule has 4 heteroatoms. The van der Waals surface area contributed by atoms with Crippen LogP contribution in [0.25, 0.3) is 0 Å². The zero-order chi connectivity index (χ0) is 22.6. The Kier molecular flexibility index (Phi) is 7.28. The summed E-state index contributed by atoms with van der Waals surface area (Å²) in [6.45, 7) is 13.9. The van der Waals surface area contributed by atoms with Crippen LogP contribution in [0.2, 0.25) is 0 Å². The zero-order valence-corrected chi connectivity index (χ0v) is 20.1. The van der Waals surface area contributed by atoms with Gasteiger partial charge in [0.1, 0.15) is 0 Å². The average Bonchev–Trinajstić information content (AvgIpc) is 3.07. The Balaban J connectivity index is 0.000000254.